The first kappa shape index (κ1) is 32.8. The molecule has 9 heteroatoms. The van der Waals surface area contributed by atoms with E-state index in [1.54, 1.807) is 65.8 Å². The standard InChI is InChI=1S/C31H42O9/c1-9-11-21-13-17-23(18-14-21)25(32)37-39-27(30(3,4)5)35-29(34)36-28(31(6,7)8)40-38-26(33)24-19-15-22(12-10-2)16-20-24/h13-20,27-28H,9-12H2,1-8H3. The van der Waals surface area contributed by atoms with Crippen molar-refractivity contribution in [3.05, 3.63) is 70.8 Å². The summed E-state index contributed by atoms with van der Waals surface area (Å²) in [7, 11) is 0. The lowest BCUT2D eigenvalue weighted by molar-refractivity contribution is -0.371. The van der Waals surface area contributed by atoms with Gasteiger partial charge in [-0.15, -0.1) is 9.78 Å². The van der Waals surface area contributed by atoms with Crippen LogP contribution in [0.3, 0.4) is 0 Å². The number of rotatable bonds is 12. The van der Waals surface area contributed by atoms with Gasteiger partial charge in [0.2, 0.25) is 0 Å². The molecule has 9 nitrogen and oxygen atoms in total. The van der Waals surface area contributed by atoms with Gasteiger partial charge < -0.3 is 9.47 Å². The van der Waals surface area contributed by atoms with Gasteiger partial charge in [0.25, 0.3) is 12.6 Å². The van der Waals surface area contributed by atoms with Gasteiger partial charge in [-0.1, -0.05) is 92.5 Å². The predicted molar refractivity (Wildman–Crippen MR) is 148 cm³/mol. The second kappa shape index (κ2) is 14.8. The van der Waals surface area contributed by atoms with Crippen LogP contribution in [0.2, 0.25) is 0 Å². The van der Waals surface area contributed by atoms with Crippen molar-refractivity contribution < 1.29 is 43.4 Å². The van der Waals surface area contributed by atoms with Crippen LogP contribution < -0.4 is 0 Å². The van der Waals surface area contributed by atoms with Gasteiger partial charge in [0.15, 0.2) is 0 Å². The molecule has 0 saturated carbocycles. The van der Waals surface area contributed by atoms with Gasteiger partial charge in [0.1, 0.15) is 0 Å². The third-order valence-electron chi connectivity index (χ3n) is 5.70. The zero-order valence-corrected chi connectivity index (χ0v) is 24.8. The number of hydrogen-bond donors (Lipinski definition) is 0. The molecule has 0 spiro atoms. The van der Waals surface area contributed by atoms with Gasteiger partial charge in [-0.05, 0) is 48.2 Å². The van der Waals surface area contributed by atoms with E-state index in [0.29, 0.717) is 0 Å². The molecule has 2 atom stereocenters. The number of ether oxygens (including phenoxy) is 2. The average Bonchev–Trinajstić information content (AvgIpc) is 2.88. The molecule has 0 saturated heterocycles. The third kappa shape index (κ3) is 10.6. The predicted octanol–water partition coefficient (Wildman–Crippen LogP) is 7.37. The zero-order valence-electron chi connectivity index (χ0n) is 24.8. The first-order valence-corrected chi connectivity index (χ1v) is 13.5. The summed E-state index contributed by atoms with van der Waals surface area (Å²) < 4.78 is 10.6. The molecule has 0 aliphatic carbocycles. The fraction of sp³-hybridized carbons (Fsp3) is 0.516. The van der Waals surface area contributed by atoms with Crippen LogP contribution in [0.5, 0.6) is 0 Å². The zero-order chi connectivity index (χ0) is 29.9. The van der Waals surface area contributed by atoms with E-state index in [4.69, 9.17) is 29.0 Å². The Balaban J connectivity index is 1.98. The molecule has 2 rings (SSSR count). The van der Waals surface area contributed by atoms with Gasteiger partial charge in [-0.25, -0.2) is 14.4 Å². The van der Waals surface area contributed by atoms with E-state index in [9.17, 15) is 14.4 Å². The molecule has 0 aliphatic heterocycles. The van der Waals surface area contributed by atoms with Gasteiger partial charge in [-0.3, -0.25) is 9.78 Å². The molecule has 0 N–H and O–H groups in total. The summed E-state index contributed by atoms with van der Waals surface area (Å²) in [6.07, 6.45) is -0.00787. The monoisotopic (exact) mass is 558 g/mol. The van der Waals surface area contributed by atoms with Crippen molar-refractivity contribution in [3.8, 4) is 0 Å². The normalized spacial score (nSPS) is 13.2. The number of benzene rings is 2. The molecule has 2 aromatic rings. The highest BCUT2D eigenvalue weighted by molar-refractivity contribution is 5.89. The Hall–Kier alpha value is -3.43. The molecule has 2 unspecified atom stereocenters. The summed E-state index contributed by atoms with van der Waals surface area (Å²) in [4.78, 5) is 58.0. The van der Waals surface area contributed by atoms with Crippen molar-refractivity contribution in [1.82, 2.24) is 0 Å². The molecule has 0 aromatic heterocycles. The molecule has 0 bridgehead atoms. The average molecular weight is 559 g/mol. The minimum absolute atomic E-state index is 0.290. The molecule has 0 amide bonds. The van der Waals surface area contributed by atoms with Crippen LogP contribution in [-0.4, -0.2) is 30.7 Å². The Labute approximate surface area is 236 Å². The Morgan fingerprint density at radius 3 is 1.20 bits per heavy atom. The highest BCUT2D eigenvalue weighted by Gasteiger charge is 2.37. The number of hydrogen-bond acceptors (Lipinski definition) is 9. The minimum Gasteiger partial charge on any atom is -0.400 e. The summed E-state index contributed by atoms with van der Waals surface area (Å²) in [5, 5.41) is 0. The maximum atomic E-state index is 12.7. The smallest absolute Gasteiger partial charge is 0.400 e. The van der Waals surface area contributed by atoms with E-state index in [1.165, 1.54) is 0 Å². The van der Waals surface area contributed by atoms with Crippen LogP contribution in [0.25, 0.3) is 0 Å². The van der Waals surface area contributed by atoms with E-state index >= 15 is 0 Å². The van der Waals surface area contributed by atoms with Crippen molar-refractivity contribution in [2.24, 2.45) is 10.8 Å². The molecule has 0 heterocycles. The molecule has 0 radical (unpaired) electrons. The maximum Gasteiger partial charge on any atom is 0.513 e. The number of carbonyl (C=O) groups is 3. The van der Waals surface area contributed by atoms with Gasteiger partial charge in [0.05, 0.1) is 11.1 Å². The summed E-state index contributed by atoms with van der Waals surface area (Å²) in [6.45, 7) is 14.5. The molecule has 2 aromatic carbocycles. The lowest BCUT2D eigenvalue weighted by Crippen LogP contribution is -2.39. The van der Waals surface area contributed by atoms with E-state index in [0.717, 1.165) is 36.8 Å². The summed E-state index contributed by atoms with van der Waals surface area (Å²) >= 11 is 0. The van der Waals surface area contributed by atoms with Crippen LogP contribution in [0.4, 0.5) is 4.79 Å². The third-order valence-corrected chi connectivity index (χ3v) is 5.70. The Morgan fingerprint density at radius 2 is 0.925 bits per heavy atom. The van der Waals surface area contributed by atoms with E-state index in [1.807, 2.05) is 24.3 Å². The van der Waals surface area contributed by atoms with Crippen molar-refractivity contribution >= 4 is 18.1 Å². The van der Waals surface area contributed by atoms with Crippen molar-refractivity contribution in [1.29, 1.82) is 0 Å². The number of carbonyl (C=O) groups excluding carboxylic acids is 3. The highest BCUT2D eigenvalue weighted by Crippen LogP contribution is 2.28. The van der Waals surface area contributed by atoms with Crippen LogP contribution in [-0.2, 0) is 41.9 Å². The topological polar surface area (TPSA) is 107 Å². The Kier molecular flexibility index (Phi) is 12.1. The molecular weight excluding hydrogens is 516 g/mol. The molecular formula is C31H42O9. The van der Waals surface area contributed by atoms with E-state index < -0.39 is 41.5 Å². The molecule has 0 fully saturated rings. The number of aryl methyl sites for hydroxylation is 2. The highest BCUT2D eigenvalue weighted by atomic mass is 17.2. The molecule has 0 aliphatic rings. The lowest BCUT2D eigenvalue weighted by atomic mass is 9.96. The van der Waals surface area contributed by atoms with Gasteiger partial charge >= 0.3 is 18.1 Å². The lowest BCUT2D eigenvalue weighted by Gasteiger charge is -2.30. The summed E-state index contributed by atoms with van der Waals surface area (Å²) in [5.74, 6) is -1.47. The van der Waals surface area contributed by atoms with Crippen LogP contribution in [0, 0.1) is 10.8 Å². The van der Waals surface area contributed by atoms with Crippen LogP contribution in [0.15, 0.2) is 48.5 Å². The second-order valence-corrected chi connectivity index (χ2v) is 11.7. The van der Waals surface area contributed by atoms with Crippen molar-refractivity contribution in [3.63, 3.8) is 0 Å². The SMILES string of the molecule is CCCc1ccc(C(=O)OOC(OC(=O)OC(OOC(=O)c2ccc(CCC)cc2)C(C)(C)C)C(C)(C)C)cc1. The first-order chi connectivity index (χ1) is 18.7. The summed E-state index contributed by atoms with van der Waals surface area (Å²) in [6, 6.07) is 13.9. The summed E-state index contributed by atoms with van der Waals surface area (Å²) in [5.41, 5.74) is 1.20. The Morgan fingerprint density at radius 1 is 0.600 bits per heavy atom. The molecule has 40 heavy (non-hydrogen) atoms. The van der Waals surface area contributed by atoms with Crippen LogP contribution >= 0.6 is 0 Å². The fourth-order valence-electron chi connectivity index (χ4n) is 3.35. The quantitative estimate of drug-likeness (QED) is 0.114. The minimum atomic E-state index is -1.31. The fourth-order valence-corrected chi connectivity index (χ4v) is 3.35. The van der Waals surface area contributed by atoms with E-state index in [2.05, 4.69) is 13.8 Å². The Bertz CT molecular complexity index is 1010. The largest absolute Gasteiger partial charge is 0.513 e. The van der Waals surface area contributed by atoms with Gasteiger partial charge in [-0.2, -0.15) is 0 Å². The first-order valence-electron chi connectivity index (χ1n) is 13.5. The van der Waals surface area contributed by atoms with E-state index in [-0.39, 0.29) is 11.1 Å². The van der Waals surface area contributed by atoms with Crippen molar-refractivity contribution in [2.45, 2.75) is 93.7 Å². The van der Waals surface area contributed by atoms with Gasteiger partial charge in [0, 0.05) is 10.8 Å². The maximum absolute atomic E-state index is 12.7. The van der Waals surface area contributed by atoms with Crippen molar-refractivity contribution in [2.75, 3.05) is 0 Å². The van der Waals surface area contributed by atoms with Crippen LogP contribution in [0.1, 0.15) is 100 Å². The second-order valence-electron chi connectivity index (χ2n) is 11.7. The molecule has 220 valence electrons.